The van der Waals surface area contributed by atoms with E-state index >= 15 is 0 Å². The van der Waals surface area contributed by atoms with E-state index in [1.54, 1.807) is 35.6 Å². The van der Waals surface area contributed by atoms with E-state index in [2.05, 4.69) is 0 Å². The first-order valence-electron chi connectivity index (χ1n) is 8.00. The molecule has 2 aromatic rings. The van der Waals surface area contributed by atoms with E-state index in [0.717, 1.165) is 22.7 Å². The molecule has 2 rings (SSSR count). The molecule has 0 saturated carbocycles. The van der Waals surface area contributed by atoms with Crippen molar-refractivity contribution in [3.63, 3.8) is 0 Å². The maximum atomic E-state index is 14.3. The van der Waals surface area contributed by atoms with Gasteiger partial charge in [-0.2, -0.15) is 8.78 Å². The van der Waals surface area contributed by atoms with E-state index in [-0.39, 0.29) is 12.1 Å². The quantitative estimate of drug-likeness (QED) is 0.673. The van der Waals surface area contributed by atoms with Crippen LogP contribution in [0.15, 0.2) is 48.5 Å². The Morgan fingerprint density at radius 1 is 1.11 bits per heavy atom. The summed E-state index contributed by atoms with van der Waals surface area (Å²) in [5, 5.41) is 1.70. The number of Topliss-reactive ketones (excluding diaryl/α,β-unsaturated/α-hetero) is 1. The zero-order valence-corrected chi connectivity index (χ0v) is 15.5. The number of para-hydroxylation sites is 1. The molecule has 0 spiro atoms. The molecule has 0 aromatic heterocycles. The molecule has 0 saturated heterocycles. The summed E-state index contributed by atoms with van der Waals surface area (Å²) >= 11 is 0. The van der Waals surface area contributed by atoms with E-state index in [4.69, 9.17) is 0 Å². The molecule has 0 radical (unpaired) electrons. The summed E-state index contributed by atoms with van der Waals surface area (Å²) in [5.41, 5.74) is 0.268. The maximum Gasteiger partial charge on any atom is 0.315 e. The van der Waals surface area contributed by atoms with Crippen molar-refractivity contribution in [2.45, 2.75) is 13.0 Å². The van der Waals surface area contributed by atoms with Gasteiger partial charge in [0.05, 0.1) is 30.6 Å². The van der Waals surface area contributed by atoms with Gasteiger partial charge in [0, 0.05) is 0 Å². The summed E-state index contributed by atoms with van der Waals surface area (Å²) < 4.78 is 63.8. The van der Waals surface area contributed by atoms with Crippen LogP contribution in [0, 0.1) is 5.82 Å². The van der Waals surface area contributed by atoms with Crippen LogP contribution in [-0.4, -0.2) is 39.3 Å². The van der Waals surface area contributed by atoms with Gasteiger partial charge >= 0.3 is 6.43 Å². The van der Waals surface area contributed by atoms with Crippen LogP contribution < -0.4 is 9.62 Å². The number of nitrogens with one attached hydrogen (secondary N) is 1. The predicted molar refractivity (Wildman–Crippen MR) is 97.2 cm³/mol. The van der Waals surface area contributed by atoms with Gasteiger partial charge in [0.25, 0.3) is 5.91 Å². The zero-order chi connectivity index (χ0) is 20.9. The smallest absolute Gasteiger partial charge is 0.315 e. The minimum absolute atomic E-state index is 0.170. The highest BCUT2D eigenvalue weighted by Gasteiger charge is 2.20. The van der Waals surface area contributed by atoms with E-state index in [1.807, 2.05) is 0 Å². The van der Waals surface area contributed by atoms with Gasteiger partial charge in [-0.25, -0.2) is 12.8 Å². The average Bonchev–Trinajstić information content (AvgIpc) is 2.63. The van der Waals surface area contributed by atoms with Crippen LogP contribution in [0.4, 0.5) is 18.9 Å². The molecule has 2 aromatic carbocycles. The number of sulfonamides is 1. The van der Waals surface area contributed by atoms with Gasteiger partial charge in [-0.05, 0) is 29.8 Å². The molecule has 1 N–H and O–H groups in total. The van der Waals surface area contributed by atoms with Crippen molar-refractivity contribution >= 4 is 27.4 Å². The number of anilines is 1. The third-order valence-electron chi connectivity index (χ3n) is 3.73. The number of carbonyl (C=O) groups excluding carboxylic acids is 2. The van der Waals surface area contributed by atoms with Crippen molar-refractivity contribution in [2.24, 2.45) is 0 Å². The number of halogens is 3. The van der Waals surface area contributed by atoms with Gasteiger partial charge in [0.1, 0.15) is 5.82 Å². The number of amides is 1. The molecular weight excluding hydrogens is 397 g/mol. The molecule has 0 aliphatic rings. The number of hydrogen-bond donors (Lipinski definition) is 1. The van der Waals surface area contributed by atoms with Crippen LogP contribution in [0.2, 0.25) is 0 Å². The minimum Gasteiger partial charge on any atom is -0.344 e. The molecule has 0 fully saturated rings. The molecule has 0 heterocycles. The SMILES string of the molecule is CS(=O)(=O)N(Cc1ccc(C(=O)CNC(=O)C(F)F)c(F)c1)c1ccccc1. The fraction of sp³-hybridized carbons (Fsp3) is 0.222. The van der Waals surface area contributed by atoms with E-state index in [9.17, 15) is 31.2 Å². The molecule has 0 aliphatic carbocycles. The lowest BCUT2D eigenvalue weighted by Gasteiger charge is -2.22. The normalized spacial score (nSPS) is 11.3. The average molecular weight is 414 g/mol. The molecule has 0 unspecified atom stereocenters. The third-order valence-corrected chi connectivity index (χ3v) is 4.87. The Balaban J connectivity index is 2.19. The summed E-state index contributed by atoms with van der Waals surface area (Å²) in [7, 11) is -3.66. The van der Waals surface area contributed by atoms with Gasteiger partial charge in [-0.3, -0.25) is 13.9 Å². The van der Waals surface area contributed by atoms with Crippen LogP contribution in [0.1, 0.15) is 15.9 Å². The Morgan fingerprint density at radius 3 is 2.29 bits per heavy atom. The topological polar surface area (TPSA) is 83.6 Å². The molecular formula is C18H17F3N2O4S. The number of rotatable bonds is 8. The largest absolute Gasteiger partial charge is 0.344 e. The van der Waals surface area contributed by atoms with Crippen molar-refractivity contribution in [3.05, 3.63) is 65.5 Å². The Bertz CT molecular complexity index is 966. The monoisotopic (exact) mass is 414 g/mol. The molecule has 1 amide bonds. The highest BCUT2D eigenvalue weighted by atomic mass is 32.2. The van der Waals surface area contributed by atoms with Crippen LogP contribution in [0.3, 0.4) is 0 Å². The van der Waals surface area contributed by atoms with Crippen molar-refractivity contribution in [1.82, 2.24) is 5.32 Å². The lowest BCUT2D eigenvalue weighted by atomic mass is 10.1. The summed E-state index contributed by atoms with van der Waals surface area (Å²) in [6, 6.07) is 11.7. The number of alkyl halides is 2. The fourth-order valence-corrected chi connectivity index (χ4v) is 3.27. The van der Waals surface area contributed by atoms with E-state index in [0.29, 0.717) is 5.69 Å². The zero-order valence-electron chi connectivity index (χ0n) is 14.7. The van der Waals surface area contributed by atoms with Gasteiger partial charge in [0.2, 0.25) is 10.0 Å². The Morgan fingerprint density at radius 2 is 1.75 bits per heavy atom. The molecule has 0 atom stereocenters. The summed E-state index contributed by atoms with van der Waals surface area (Å²) in [4.78, 5) is 22.7. The summed E-state index contributed by atoms with van der Waals surface area (Å²) in [6.07, 6.45) is -2.26. The van der Waals surface area contributed by atoms with Gasteiger partial charge < -0.3 is 5.32 Å². The standard InChI is InChI=1S/C18H17F3N2O4S/c1-28(26,27)23(13-5-3-2-4-6-13)11-12-7-8-14(15(19)9-12)16(24)10-22-18(25)17(20)21/h2-9,17H,10-11H2,1H3,(H,22,25). The Hall–Kier alpha value is -2.88. The predicted octanol–water partition coefficient (Wildman–Crippen LogP) is 2.36. The van der Waals surface area contributed by atoms with Crippen LogP contribution in [0.5, 0.6) is 0 Å². The Labute approximate surface area is 160 Å². The maximum absolute atomic E-state index is 14.3. The first kappa shape index (κ1) is 21.4. The molecule has 28 heavy (non-hydrogen) atoms. The lowest BCUT2D eigenvalue weighted by molar-refractivity contribution is -0.131. The van der Waals surface area contributed by atoms with Crippen molar-refractivity contribution in [2.75, 3.05) is 17.1 Å². The number of carbonyl (C=O) groups is 2. The van der Waals surface area contributed by atoms with Gasteiger partial charge in [0.15, 0.2) is 5.78 Å². The lowest BCUT2D eigenvalue weighted by Crippen LogP contribution is -2.34. The fourth-order valence-electron chi connectivity index (χ4n) is 2.38. The van der Waals surface area contributed by atoms with Crippen LogP contribution in [0.25, 0.3) is 0 Å². The highest BCUT2D eigenvalue weighted by molar-refractivity contribution is 7.92. The second-order valence-electron chi connectivity index (χ2n) is 5.86. The summed E-state index contributed by atoms with van der Waals surface area (Å²) in [5.74, 6) is -3.46. The molecule has 10 heteroatoms. The molecule has 6 nitrogen and oxygen atoms in total. The number of nitrogens with zero attached hydrogens (tertiary/aromatic N) is 1. The second-order valence-corrected chi connectivity index (χ2v) is 7.77. The minimum atomic E-state index is -3.66. The van der Waals surface area contributed by atoms with Crippen molar-refractivity contribution < 1.29 is 31.2 Å². The van der Waals surface area contributed by atoms with Gasteiger partial charge in [-0.1, -0.05) is 24.3 Å². The van der Waals surface area contributed by atoms with Crippen molar-refractivity contribution in [1.29, 1.82) is 0 Å². The molecule has 0 aliphatic heterocycles. The van der Waals surface area contributed by atoms with Crippen LogP contribution >= 0.6 is 0 Å². The third kappa shape index (κ3) is 5.56. The number of ketones is 1. The number of benzene rings is 2. The Kier molecular flexibility index (Phi) is 6.79. The highest BCUT2D eigenvalue weighted by Crippen LogP contribution is 2.21. The second kappa shape index (κ2) is 8.87. The molecule has 0 bridgehead atoms. The van der Waals surface area contributed by atoms with E-state index in [1.165, 1.54) is 6.07 Å². The summed E-state index contributed by atoms with van der Waals surface area (Å²) in [6.45, 7) is -0.949. The first-order valence-corrected chi connectivity index (χ1v) is 9.84. The molecule has 150 valence electrons. The van der Waals surface area contributed by atoms with Crippen LogP contribution in [-0.2, 0) is 21.4 Å². The first-order chi connectivity index (χ1) is 13.1. The van der Waals surface area contributed by atoms with Gasteiger partial charge in [-0.15, -0.1) is 0 Å². The van der Waals surface area contributed by atoms with Crippen molar-refractivity contribution in [3.8, 4) is 0 Å². The van der Waals surface area contributed by atoms with E-state index < -0.39 is 46.1 Å². The number of hydrogen-bond acceptors (Lipinski definition) is 4.